The molecule has 1 unspecified atom stereocenters. The molecule has 0 amide bonds. The lowest BCUT2D eigenvalue weighted by Gasteiger charge is -2.34. The lowest BCUT2D eigenvalue weighted by atomic mass is 9.73. The van der Waals surface area contributed by atoms with Crippen molar-refractivity contribution in [3.63, 3.8) is 0 Å². The molecule has 4 heteroatoms. The van der Waals surface area contributed by atoms with Gasteiger partial charge in [0.2, 0.25) is 0 Å². The van der Waals surface area contributed by atoms with E-state index in [9.17, 15) is 15.0 Å². The van der Waals surface area contributed by atoms with Crippen LogP contribution in [0.2, 0.25) is 0 Å². The van der Waals surface area contributed by atoms with E-state index in [1.165, 1.54) is 6.92 Å². The van der Waals surface area contributed by atoms with Crippen LogP contribution in [0.25, 0.3) is 0 Å². The molecule has 1 aliphatic carbocycles. The van der Waals surface area contributed by atoms with E-state index in [0.717, 1.165) is 0 Å². The third-order valence-corrected chi connectivity index (χ3v) is 3.62. The van der Waals surface area contributed by atoms with E-state index in [-0.39, 0.29) is 5.97 Å². The number of esters is 1. The Morgan fingerprint density at radius 2 is 2.23 bits per heavy atom. The van der Waals surface area contributed by atoms with Gasteiger partial charge in [0, 0.05) is 6.42 Å². The minimum atomic E-state index is -1.32. The summed E-state index contributed by atoms with van der Waals surface area (Å²) in [7, 11) is 0. The number of carbonyl (C=O) groups excluding carboxylic acids is 1. The fraction of sp³-hybridized carbons (Fsp3) is 0.889. The van der Waals surface area contributed by atoms with Crippen LogP contribution in [0.15, 0.2) is 0 Å². The summed E-state index contributed by atoms with van der Waals surface area (Å²) in [5.41, 5.74) is -2.16. The average molecular weight is 186 g/mol. The number of rotatable bonds is 0. The van der Waals surface area contributed by atoms with Crippen molar-refractivity contribution in [2.45, 2.75) is 37.9 Å². The Morgan fingerprint density at radius 1 is 1.54 bits per heavy atom. The van der Waals surface area contributed by atoms with Gasteiger partial charge < -0.3 is 14.9 Å². The first-order valence-corrected chi connectivity index (χ1v) is 4.58. The van der Waals surface area contributed by atoms with Gasteiger partial charge in [-0.25, -0.2) is 0 Å². The number of hydrogen-bond acceptors (Lipinski definition) is 4. The van der Waals surface area contributed by atoms with Crippen LogP contribution in [-0.4, -0.2) is 34.5 Å². The predicted molar refractivity (Wildman–Crippen MR) is 43.9 cm³/mol. The number of cyclic esters (lactones) is 1. The molecule has 2 rings (SSSR count). The summed E-state index contributed by atoms with van der Waals surface area (Å²) in [4.78, 5) is 11.5. The van der Waals surface area contributed by atoms with E-state index in [1.54, 1.807) is 0 Å². The maximum Gasteiger partial charge on any atom is 0.315 e. The Morgan fingerprint density at radius 3 is 2.62 bits per heavy atom. The van der Waals surface area contributed by atoms with Crippen LogP contribution in [0.5, 0.6) is 0 Å². The van der Waals surface area contributed by atoms with Crippen LogP contribution in [-0.2, 0) is 9.53 Å². The average Bonchev–Trinajstić information content (AvgIpc) is 2.52. The highest BCUT2D eigenvalue weighted by Crippen LogP contribution is 2.52. The molecule has 1 saturated carbocycles. The number of aliphatic hydroxyl groups excluding tert-OH is 1. The summed E-state index contributed by atoms with van der Waals surface area (Å²) in [6, 6.07) is 0. The van der Waals surface area contributed by atoms with Gasteiger partial charge in [0.1, 0.15) is 11.0 Å². The second-order valence-corrected chi connectivity index (χ2v) is 4.17. The number of hydrogen-bond donors (Lipinski definition) is 2. The van der Waals surface area contributed by atoms with Gasteiger partial charge in [-0.15, -0.1) is 0 Å². The highest BCUT2D eigenvalue weighted by Gasteiger charge is 2.63. The Balaban J connectivity index is 2.38. The van der Waals surface area contributed by atoms with Crippen LogP contribution in [0.4, 0.5) is 0 Å². The summed E-state index contributed by atoms with van der Waals surface area (Å²) in [5, 5.41) is 19.6. The molecule has 0 radical (unpaired) electrons. The fourth-order valence-electron chi connectivity index (χ4n) is 2.48. The minimum Gasteiger partial charge on any atom is -0.465 e. The molecule has 13 heavy (non-hydrogen) atoms. The van der Waals surface area contributed by atoms with Crippen molar-refractivity contribution >= 4 is 5.97 Å². The third-order valence-electron chi connectivity index (χ3n) is 3.62. The first-order valence-electron chi connectivity index (χ1n) is 4.58. The SMILES string of the molecule is C[C@]1(O)[C@@H](O)CCC12CCOC2=O. The van der Waals surface area contributed by atoms with Crippen molar-refractivity contribution in [1.82, 2.24) is 0 Å². The third kappa shape index (κ3) is 0.901. The lowest BCUT2D eigenvalue weighted by molar-refractivity contribution is -0.163. The second kappa shape index (κ2) is 2.45. The van der Waals surface area contributed by atoms with Crippen molar-refractivity contribution in [3.8, 4) is 0 Å². The molecule has 74 valence electrons. The van der Waals surface area contributed by atoms with Crippen LogP contribution >= 0.6 is 0 Å². The molecule has 1 aliphatic heterocycles. The lowest BCUT2D eigenvalue weighted by Crippen LogP contribution is -2.50. The molecule has 1 spiro atoms. The molecule has 1 heterocycles. The van der Waals surface area contributed by atoms with Gasteiger partial charge >= 0.3 is 5.97 Å². The Bertz CT molecular complexity index is 248. The van der Waals surface area contributed by atoms with E-state index < -0.39 is 17.1 Å². The van der Waals surface area contributed by atoms with Gasteiger partial charge in [-0.1, -0.05) is 0 Å². The van der Waals surface area contributed by atoms with Crippen molar-refractivity contribution in [3.05, 3.63) is 0 Å². The van der Waals surface area contributed by atoms with Crippen molar-refractivity contribution < 1.29 is 19.7 Å². The van der Waals surface area contributed by atoms with Gasteiger partial charge in [-0.2, -0.15) is 0 Å². The monoisotopic (exact) mass is 186 g/mol. The maximum atomic E-state index is 11.5. The summed E-state index contributed by atoms with van der Waals surface area (Å²) in [5.74, 6) is -0.353. The first kappa shape index (κ1) is 8.97. The zero-order valence-electron chi connectivity index (χ0n) is 7.62. The largest absolute Gasteiger partial charge is 0.465 e. The summed E-state index contributed by atoms with van der Waals surface area (Å²) in [6.07, 6.45) is 0.719. The second-order valence-electron chi connectivity index (χ2n) is 4.17. The summed E-state index contributed by atoms with van der Waals surface area (Å²) in [6.45, 7) is 1.89. The van der Waals surface area contributed by atoms with Crippen molar-refractivity contribution in [1.29, 1.82) is 0 Å². The molecule has 2 N–H and O–H groups in total. The Hall–Kier alpha value is -0.610. The zero-order chi connectivity index (χ0) is 9.69. The number of aliphatic hydroxyl groups is 2. The van der Waals surface area contributed by atoms with E-state index in [1.807, 2.05) is 0 Å². The smallest absolute Gasteiger partial charge is 0.315 e. The molecule has 2 aliphatic rings. The standard InChI is InChI=1S/C9H14O4/c1-8(12)6(10)2-3-9(8)4-5-13-7(9)11/h6,10,12H,2-5H2,1H3/t6-,8-,9?/m0/s1. The molecule has 0 aromatic rings. The quantitative estimate of drug-likeness (QED) is 0.515. The van der Waals surface area contributed by atoms with Crippen LogP contribution < -0.4 is 0 Å². The molecule has 4 nitrogen and oxygen atoms in total. The van der Waals surface area contributed by atoms with Gasteiger partial charge in [0.25, 0.3) is 0 Å². The minimum absolute atomic E-state index is 0.353. The maximum absolute atomic E-state index is 11.5. The normalized spacial score (nSPS) is 50.1. The molecular weight excluding hydrogens is 172 g/mol. The highest BCUT2D eigenvalue weighted by molar-refractivity contribution is 5.81. The molecule has 0 aromatic heterocycles. The van der Waals surface area contributed by atoms with E-state index in [0.29, 0.717) is 25.9 Å². The van der Waals surface area contributed by atoms with Crippen molar-refractivity contribution in [2.24, 2.45) is 5.41 Å². The van der Waals surface area contributed by atoms with E-state index in [4.69, 9.17) is 4.74 Å². The molecule has 1 saturated heterocycles. The topological polar surface area (TPSA) is 66.8 Å². The van der Waals surface area contributed by atoms with E-state index >= 15 is 0 Å². The summed E-state index contributed by atoms with van der Waals surface area (Å²) >= 11 is 0. The van der Waals surface area contributed by atoms with Crippen LogP contribution in [0.1, 0.15) is 26.2 Å². The van der Waals surface area contributed by atoms with E-state index in [2.05, 4.69) is 0 Å². The molecule has 0 aromatic carbocycles. The van der Waals surface area contributed by atoms with Crippen LogP contribution in [0.3, 0.4) is 0 Å². The molecule has 0 bridgehead atoms. The van der Waals surface area contributed by atoms with Gasteiger partial charge in [0.05, 0.1) is 12.7 Å². The Labute approximate surface area is 76.5 Å². The van der Waals surface area contributed by atoms with Gasteiger partial charge in [-0.3, -0.25) is 4.79 Å². The number of ether oxygens (including phenoxy) is 1. The number of carbonyl (C=O) groups is 1. The van der Waals surface area contributed by atoms with Gasteiger partial charge in [-0.05, 0) is 19.8 Å². The zero-order valence-corrected chi connectivity index (χ0v) is 7.62. The summed E-state index contributed by atoms with van der Waals surface area (Å²) < 4.78 is 4.86. The van der Waals surface area contributed by atoms with Crippen molar-refractivity contribution in [2.75, 3.05) is 6.61 Å². The predicted octanol–water partition coefficient (Wildman–Crippen LogP) is -0.175. The Kier molecular flexibility index (Phi) is 1.69. The fourth-order valence-corrected chi connectivity index (χ4v) is 2.48. The van der Waals surface area contributed by atoms with Crippen LogP contribution in [0, 0.1) is 5.41 Å². The van der Waals surface area contributed by atoms with Gasteiger partial charge in [0.15, 0.2) is 0 Å². The molecular formula is C9H14O4. The highest BCUT2D eigenvalue weighted by atomic mass is 16.5. The molecule has 2 fully saturated rings. The molecule has 3 atom stereocenters. The first-order chi connectivity index (χ1) is 6.01.